The lowest BCUT2D eigenvalue weighted by atomic mass is 9.72. The second-order valence-electron chi connectivity index (χ2n) is 7.97. The van der Waals surface area contributed by atoms with Crippen LogP contribution >= 0.6 is 0 Å². The van der Waals surface area contributed by atoms with Crippen LogP contribution in [0.3, 0.4) is 0 Å². The van der Waals surface area contributed by atoms with Crippen LogP contribution in [0.1, 0.15) is 23.1 Å². The van der Waals surface area contributed by atoms with E-state index >= 15 is 0 Å². The van der Waals surface area contributed by atoms with Gasteiger partial charge in [0, 0.05) is 18.5 Å². The molecule has 1 heteroatoms. The van der Waals surface area contributed by atoms with Crippen molar-refractivity contribution in [3.63, 3.8) is 0 Å². The van der Waals surface area contributed by atoms with Gasteiger partial charge >= 0.3 is 0 Å². The highest BCUT2D eigenvalue weighted by Crippen LogP contribution is 2.35. The molecule has 1 nitrogen and oxygen atoms in total. The number of hydrogen-bond acceptors (Lipinski definition) is 1. The van der Waals surface area contributed by atoms with Gasteiger partial charge in [0.25, 0.3) is 0 Å². The van der Waals surface area contributed by atoms with Crippen molar-refractivity contribution in [2.24, 2.45) is 0 Å². The van der Waals surface area contributed by atoms with E-state index in [-0.39, 0.29) is 5.41 Å². The first-order valence-corrected chi connectivity index (χ1v) is 10.9. The molecule has 0 spiro atoms. The largest absolute Gasteiger partial charge is 0.311 e. The van der Waals surface area contributed by atoms with E-state index in [2.05, 4.69) is 127 Å². The molecule has 1 N–H and O–H groups in total. The van der Waals surface area contributed by atoms with Crippen LogP contribution in [0.5, 0.6) is 0 Å². The van der Waals surface area contributed by atoms with Crippen LogP contribution in [0.15, 0.2) is 128 Å². The summed E-state index contributed by atoms with van der Waals surface area (Å²) < 4.78 is 0. The maximum atomic E-state index is 4.07. The van der Waals surface area contributed by atoms with E-state index in [1.165, 1.54) is 27.8 Å². The molecule has 4 aromatic rings. The van der Waals surface area contributed by atoms with Crippen LogP contribution in [-0.2, 0) is 12.0 Å². The Morgan fingerprint density at radius 3 is 1.61 bits per heavy atom. The van der Waals surface area contributed by atoms with Crippen molar-refractivity contribution < 1.29 is 0 Å². The van der Waals surface area contributed by atoms with E-state index < -0.39 is 0 Å². The lowest BCUT2D eigenvalue weighted by Crippen LogP contribution is -2.38. The van der Waals surface area contributed by atoms with Crippen LogP contribution in [0.25, 0.3) is 11.1 Å². The van der Waals surface area contributed by atoms with Crippen molar-refractivity contribution in [1.29, 1.82) is 0 Å². The lowest BCUT2D eigenvalue weighted by molar-refractivity contribution is 0.467. The summed E-state index contributed by atoms with van der Waals surface area (Å²) in [6.45, 7) is 5.74. The van der Waals surface area contributed by atoms with Crippen molar-refractivity contribution >= 4 is 0 Å². The predicted octanol–water partition coefficient (Wildman–Crippen LogP) is 7.01. The highest BCUT2D eigenvalue weighted by atomic mass is 14.9. The Morgan fingerprint density at radius 1 is 0.613 bits per heavy atom. The standard InChI is InChI=1S/C30H29N/c1-2-22-30(28-14-8-4-9-15-28,29-16-10-5-11-17-29)24-31-23-25-18-20-27(21-19-25)26-12-6-3-7-13-26/h2-21,31H,1,22-24H2. The minimum Gasteiger partial charge on any atom is -0.311 e. The second kappa shape index (κ2) is 10.1. The molecule has 0 saturated heterocycles. The first-order chi connectivity index (χ1) is 15.3. The van der Waals surface area contributed by atoms with Crippen molar-refractivity contribution in [2.45, 2.75) is 18.4 Å². The predicted molar refractivity (Wildman–Crippen MR) is 132 cm³/mol. The van der Waals surface area contributed by atoms with E-state index in [4.69, 9.17) is 0 Å². The summed E-state index contributed by atoms with van der Waals surface area (Å²) in [6, 6.07) is 40.9. The van der Waals surface area contributed by atoms with E-state index in [0.29, 0.717) is 0 Å². The van der Waals surface area contributed by atoms with Gasteiger partial charge in [0.2, 0.25) is 0 Å². The van der Waals surface area contributed by atoms with Gasteiger partial charge in [-0.25, -0.2) is 0 Å². The van der Waals surface area contributed by atoms with Crippen LogP contribution in [-0.4, -0.2) is 6.54 Å². The molecule has 4 rings (SSSR count). The van der Waals surface area contributed by atoms with Gasteiger partial charge in [-0.1, -0.05) is 121 Å². The average Bonchev–Trinajstić information content (AvgIpc) is 2.85. The molecule has 0 aliphatic carbocycles. The van der Waals surface area contributed by atoms with Crippen molar-refractivity contribution in [1.82, 2.24) is 5.32 Å². The summed E-state index contributed by atoms with van der Waals surface area (Å²) >= 11 is 0. The zero-order chi connectivity index (χ0) is 21.4. The SMILES string of the molecule is C=CCC(CNCc1ccc(-c2ccccc2)cc1)(c1ccccc1)c1ccccc1. The molecule has 154 valence electrons. The van der Waals surface area contributed by atoms with Gasteiger partial charge < -0.3 is 5.32 Å². The molecule has 0 aliphatic heterocycles. The van der Waals surface area contributed by atoms with Crippen LogP contribution in [0.2, 0.25) is 0 Å². The Kier molecular flexibility index (Phi) is 6.76. The van der Waals surface area contributed by atoms with Crippen molar-refractivity contribution in [3.8, 4) is 11.1 Å². The molecule has 0 bridgehead atoms. The third kappa shape index (κ3) is 4.84. The summed E-state index contributed by atoms with van der Waals surface area (Å²) in [5, 5.41) is 3.74. The van der Waals surface area contributed by atoms with Crippen molar-refractivity contribution in [3.05, 3.63) is 145 Å². The van der Waals surface area contributed by atoms with Gasteiger partial charge in [0.05, 0.1) is 0 Å². The molecule has 0 amide bonds. The van der Waals surface area contributed by atoms with Gasteiger partial charge in [-0.05, 0) is 34.2 Å². The number of rotatable bonds is 9. The average molecular weight is 404 g/mol. The number of benzene rings is 4. The van der Waals surface area contributed by atoms with Gasteiger partial charge in [0.15, 0.2) is 0 Å². The van der Waals surface area contributed by atoms with Crippen molar-refractivity contribution in [2.75, 3.05) is 6.54 Å². The zero-order valence-electron chi connectivity index (χ0n) is 17.9. The minimum absolute atomic E-state index is 0.145. The van der Waals surface area contributed by atoms with Gasteiger partial charge in [-0.2, -0.15) is 0 Å². The Labute approximate surface area is 186 Å². The Morgan fingerprint density at radius 2 is 1.10 bits per heavy atom. The summed E-state index contributed by atoms with van der Waals surface area (Å²) in [6.07, 6.45) is 2.91. The molecular weight excluding hydrogens is 374 g/mol. The topological polar surface area (TPSA) is 12.0 Å². The van der Waals surface area contributed by atoms with Gasteiger partial charge in [-0.3, -0.25) is 0 Å². The molecule has 0 atom stereocenters. The quantitative estimate of drug-likeness (QED) is 0.297. The Bertz CT molecular complexity index is 1030. The molecule has 0 aliphatic rings. The fourth-order valence-corrected chi connectivity index (χ4v) is 4.31. The fraction of sp³-hybridized carbons (Fsp3) is 0.133. The highest BCUT2D eigenvalue weighted by Gasteiger charge is 2.32. The van der Waals surface area contributed by atoms with Crippen LogP contribution < -0.4 is 5.32 Å². The Balaban J connectivity index is 1.54. The first kappa shape index (κ1) is 20.8. The molecule has 0 aromatic heterocycles. The normalized spacial score (nSPS) is 11.2. The maximum Gasteiger partial charge on any atom is 0.0361 e. The molecule has 0 radical (unpaired) electrons. The maximum absolute atomic E-state index is 4.07. The van der Waals surface area contributed by atoms with E-state index in [0.717, 1.165) is 19.5 Å². The number of allylic oxidation sites excluding steroid dienone is 1. The van der Waals surface area contributed by atoms with E-state index in [9.17, 15) is 0 Å². The molecule has 0 saturated carbocycles. The van der Waals surface area contributed by atoms with Gasteiger partial charge in [-0.15, -0.1) is 6.58 Å². The zero-order valence-corrected chi connectivity index (χ0v) is 17.9. The van der Waals surface area contributed by atoms with Crippen LogP contribution in [0, 0.1) is 0 Å². The Hall–Kier alpha value is -3.42. The summed E-state index contributed by atoms with van der Waals surface area (Å²) in [7, 11) is 0. The van der Waals surface area contributed by atoms with E-state index in [1.807, 2.05) is 6.08 Å². The fourth-order valence-electron chi connectivity index (χ4n) is 4.31. The second-order valence-corrected chi connectivity index (χ2v) is 7.97. The lowest BCUT2D eigenvalue weighted by Gasteiger charge is -2.35. The summed E-state index contributed by atoms with van der Waals surface area (Å²) in [4.78, 5) is 0. The molecule has 0 fully saturated rings. The van der Waals surface area contributed by atoms with Crippen LogP contribution in [0.4, 0.5) is 0 Å². The molecule has 0 unspecified atom stereocenters. The third-order valence-electron chi connectivity index (χ3n) is 5.96. The number of hydrogen-bond donors (Lipinski definition) is 1. The highest BCUT2D eigenvalue weighted by molar-refractivity contribution is 5.63. The number of nitrogens with one attached hydrogen (secondary N) is 1. The summed E-state index contributed by atoms with van der Waals surface area (Å²) in [5.41, 5.74) is 6.27. The molecule has 31 heavy (non-hydrogen) atoms. The molecule has 4 aromatic carbocycles. The minimum atomic E-state index is -0.145. The monoisotopic (exact) mass is 403 g/mol. The first-order valence-electron chi connectivity index (χ1n) is 10.9. The molecule has 0 heterocycles. The third-order valence-corrected chi connectivity index (χ3v) is 5.96. The summed E-state index contributed by atoms with van der Waals surface area (Å²) in [5.74, 6) is 0. The molecular formula is C30H29N. The van der Waals surface area contributed by atoms with E-state index in [1.54, 1.807) is 0 Å². The smallest absolute Gasteiger partial charge is 0.0361 e. The van der Waals surface area contributed by atoms with Gasteiger partial charge in [0.1, 0.15) is 0 Å².